The van der Waals surface area contributed by atoms with Gasteiger partial charge in [-0.3, -0.25) is 0 Å². The first-order chi connectivity index (χ1) is 9.15. The molecule has 0 unspecified atom stereocenters. The first-order valence-electron chi connectivity index (χ1n) is 5.56. The van der Waals surface area contributed by atoms with Gasteiger partial charge in [0.2, 0.25) is 0 Å². The lowest BCUT2D eigenvalue weighted by molar-refractivity contribution is 0.475. The number of aromatic nitrogens is 2. The Kier molecular flexibility index (Phi) is 2.80. The summed E-state index contributed by atoms with van der Waals surface area (Å²) in [5, 5.41) is 10.7. The lowest BCUT2D eigenvalue weighted by Gasteiger charge is -2.06. The van der Waals surface area contributed by atoms with E-state index in [0.717, 1.165) is 0 Å². The molecule has 0 saturated heterocycles. The van der Waals surface area contributed by atoms with Gasteiger partial charge in [-0.2, -0.15) is 0 Å². The van der Waals surface area contributed by atoms with E-state index in [0.29, 0.717) is 10.9 Å². The van der Waals surface area contributed by atoms with E-state index in [-0.39, 0.29) is 22.3 Å². The van der Waals surface area contributed by atoms with Crippen LogP contribution in [-0.4, -0.2) is 15.1 Å². The molecule has 5 heteroatoms. The normalized spacial score (nSPS) is 10.8. The van der Waals surface area contributed by atoms with E-state index in [1.54, 1.807) is 12.1 Å². The highest BCUT2D eigenvalue weighted by Gasteiger charge is 2.12. The van der Waals surface area contributed by atoms with Gasteiger partial charge in [0, 0.05) is 5.39 Å². The van der Waals surface area contributed by atoms with Crippen molar-refractivity contribution in [2.75, 3.05) is 0 Å². The molecule has 19 heavy (non-hydrogen) atoms. The third-order valence-electron chi connectivity index (χ3n) is 2.76. The molecule has 0 atom stereocenters. The van der Waals surface area contributed by atoms with Gasteiger partial charge in [-0.15, -0.1) is 0 Å². The number of para-hydroxylation sites is 1. The van der Waals surface area contributed by atoms with Crippen LogP contribution < -0.4 is 0 Å². The summed E-state index contributed by atoms with van der Waals surface area (Å²) in [5.74, 6) is -0.367. The van der Waals surface area contributed by atoms with Crippen LogP contribution in [0.1, 0.15) is 0 Å². The van der Waals surface area contributed by atoms with Crippen molar-refractivity contribution in [1.82, 2.24) is 9.97 Å². The molecule has 1 heterocycles. The molecule has 0 spiro atoms. The van der Waals surface area contributed by atoms with Gasteiger partial charge in [-0.25, -0.2) is 14.4 Å². The largest absolute Gasteiger partial charge is 0.507 e. The summed E-state index contributed by atoms with van der Waals surface area (Å²) in [5.41, 5.74) is 0.855. The van der Waals surface area contributed by atoms with Crippen LogP contribution in [0.25, 0.3) is 22.3 Å². The number of rotatable bonds is 1. The number of phenolic OH excluding ortho intramolecular Hbond substituents is 1. The molecule has 94 valence electrons. The molecule has 3 nitrogen and oxygen atoms in total. The lowest BCUT2D eigenvalue weighted by atomic mass is 10.1. The van der Waals surface area contributed by atoms with Crippen LogP contribution in [0.5, 0.6) is 5.75 Å². The zero-order valence-corrected chi connectivity index (χ0v) is 10.4. The highest BCUT2D eigenvalue weighted by atomic mass is 35.5. The Hall–Kier alpha value is -2.20. The summed E-state index contributed by atoms with van der Waals surface area (Å²) < 4.78 is 13.2. The van der Waals surface area contributed by atoms with E-state index >= 15 is 0 Å². The maximum Gasteiger partial charge on any atom is 0.165 e. The van der Waals surface area contributed by atoms with Crippen molar-refractivity contribution in [3.63, 3.8) is 0 Å². The van der Waals surface area contributed by atoms with Gasteiger partial charge < -0.3 is 5.11 Å². The van der Waals surface area contributed by atoms with Crippen LogP contribution in [0.3, 0.4) is 0 Å². The predicted molar refractivity (Wildman–Crippen MR) is 71.6 cm³/mol. The van der Waals surface area contributed by atoms with Gasteiger partial charge in [0.1, 0.15) is 16.7 Å². The summed E-state index contributed by atoms with van der Waals surface area (Å²) >= 11 is 6.08. The average Bonchev–Trinajstić information content (AvgIpc) is 2.41. The third kappa shape index (κ3) is 2.11. The molecule has 0 aliphatic carbocycles. The highest BCUT2D eigenvalue weighted by molar-refractivity contribution is 6.34. The fourth-order valence-electron chi connectivity index (χ4n) is 1.85. The Bertz CT molecular complexity index is 776. The molecule has 3 rings (SSSR count). The maximum atomic E-state index is 13.2. The number of halogens is 2. The molecule has 0 saturated carbocycles. The Balaban J connectivity index is 2.28. The molecule has 0 amide bonds. The molecule has 2 aromatic carbocycles. The molecule has 0 aliphatic heterocycles. The second-order valence-electron chi connectivity index (χ2n) is 4.02. The Morgan fingerprint density at radius 1 is 1.05 bits per heavy atom. The zero-order valence-electron chi connectivity index (χ0n) is 9.64. The maximum absolute atomic E-state index is 13.2. The van der Waals surface area contributed by atoms with Crippen LogP contribution in [0.2, 0.25) is 5.15 Å². The van der Waals surface area contributed by atoms with Crippen molar-refractivity contribution in [1.29, 1.82) is 0 Å². The Labute approximate surface area is 113 Å². The van der Waals surface area contributed by atoms with Gasteiger partial charge in [0.05, 0.1) is 11.1 Å². The van der Waals surface area contributed by atoms with Crippen LogP contribution in [-0.2, 0) is 0 Å². The average molecular weight is 275 g/mol. The van der Waals surface area contributed by atoms with Crippen molar-refractivity contribution in [3.05, 3.63) is 53.4 Å². The topological polar surface area (TPSA) is 46.0 Å². The zero-order chi connectivity index (χ0) is 13.4. The van der Waals surface area contributed by atoms with E-state index < -0.39 is 5.82 Å². The monoisotopic (exact) mass is 274 g/mol. The van der Waals surface area contributed by atoms with Crippen LogP contribution in [0.15, 0.2) is 42.5 Å². The summed E-state index contributed by atoms with van der Waals surface area (Å²) in [6.07, 6.45) is 0. The second-order valence-corrected chi connectivity index (χ2v) is 4.37. The van der Waals surface area contributed by atoms with Crippen molar-refractivity contribution in [2.24, 2.45) is 0 Å². The molecule has 0 bridgehead atoms. The minimum absolute atomic E-state index is 0.0900. The van der Waals surface area contributed by atoms with Gasteiger partial charge in [0.15, 0.2) is 5.82 Å². The minimum atomic E-state index is -0.472. The molecular weight excluding hydrogens is 267 g/mol. The molecule has 1 N–H and O–H groups in total. The molecule has 0 fully saturated rings. The quantitative estimate of drug-likeness (QED) is 0.687. The smallest absolute Gasteiger partial charge is 0.165 e. The number of phenols is 1. The predicted octanol–water partition coefficient (Wildman–Crippen LogP) is 3.79. The van der Waals surface area contributed by atoms with Crippen molar-refractivity contribution < 1.29 is 9.50 Å². The number of nitrogens with zero attached hydrogens (tertiary/aromatic N) is 2. The third-order valence-corrected chi connectivity index (χ3v) is 3.04. The van der Waals surface area contributed by atoms with E-state index in [4.69, 9.17) is 11.6 Å². The SMILES string of the molecule is Oc1ccc(F)cc1-c1nc(Cl)c2ccccc2n1. The Morgan fingerprint density at radius 2 is 1.84 bits per heavy atom. The van der Waals surface area contributed by atoms with Gasteiger partial charge in [0.25, 0.3) is 0 Å². The van der Waals surface area contributed by atoms with Crippen LogP contribution in [0, 0.1) is 5.82 Å². The first kappa shape index (κ1) is 11.9. The Morgan fingerprint density at radius 3 is 2.68 bits per heavy atom. The highest BCUT2D eigenvalue weighted by Crippen LogP contribution is 2.30. The lowest BCUT2D eigenvalue weighted by Crippen LogP contribution is -1.92. The van der Waals surface area contributed by atoms with E-state index in [2.05, 4.69) is 9.97 Å². The fourth-order valence-corrected chi connectivity index (χ4v) is 2.09. The number of aromatic hydroxyl groups is 1. The second kappa shape index (κ2) is 4.48. The minimum Gasteiger partial charge on any atom is -0.507 e. The summed E-state index contributed by atoms with van der Waals surface area (Å²) in [6, 6.07) is 10.8. The van der Waals surface area contributed by atoms with Crippen molar-refractivity contribution in [2.45, 2.75) is 0 Å². The van der Waals surface area contributed by atoms with Gasteiger partial charge in [-0.05, 0) is 30.3 Å². The summed E-state index contributed by atoms with van der Waals surface area (Å²) in [6.45, 7) is 0. The first-order valence-corrected chi connectivity index (χ1v) is 5.94. The van der Waals surface area contributed by atoms with Crippen molar-refractivity contribution >= 4 is 22.5 Å². The number of fused-ring (bicyclic) bond motifs is 1. The van der Waals surface area contributed by atoms with Gasteiger partial charge >= 0.3 is 0 Å². The summed E-state index contributed by atoms with van der Waals surface area (Å²) in [4.78, 5) is 8.39. The standard InChI is InChI=1S/C14H8ClFN2O/c15-13-9-3-1-2-4-11(9)17-14(18-13)10-7-8(16)5-6-12(10)19/h1-7,19H. The molecule has 0 aliphatic rings. The summed E-state index contributed by atoms with van der Waals surface area (Å²) in [7, 11) is 0. The van der Waals surface area contributed by atoms with E-state index in [1.165, 1.54) is 18.2 Å². The molecule has 1 aromatic heterocycles. The molecular formula is C14H8ClFN2O. The molecule has 3 aromatic rings. The van der Waals surface area contributed by atoms with E-state index in [1.807, 2.05) is 12.1 Å². The number of hydrogen-bond donors (Lipinski definition) is 1. The number of benzene rings is 2. The fraction of sp³-hybridized carbons (Fsp3) is 0. The van der Waals surface area contributed by atoms with Crippen LogP contribution in [0.4, 0.5) is 4.39 Å². The molecule has 0 radical (unpaired) electrons. The van der Waals surface area contributed by atoms with Crippen molar-refractivity contribution in [3.8, 4) is 17.1 Å². The number of hydrogen-bond acceptors (Lipinski definition) is 3. The van der Waals surface area contributed by atoms with E-state index in [9.17, 15) is 9.50 Å². The van der Waals surface area contributed by atoms with Crippen LogP contribution >= 0.6 is 11.6 Å². The van der Waals surface area contributed by atoms with Gasteiger partial charge in [-0.1, -0.05) is 23.7 Å².